The first-order valence-corrected chi connectivity index (χ1v) is 5.60. The van der Waals surface area contributed by atoms with E-state index in [4.69, 9.17) is 4.74 Å². The van der Waals surface area contributed by atoms with Crippen LogP contribution in [0.3, 0.4) is 0 Å². The summed E-state index contributed by atoms with van der Waals surface area (Å²) >= 11 is 0. The zero-order valence-corrected chi connectivity index (χ0v) is 11.6. The number of ether oxygens (including phenoxy) is 1. The molecule has 1 saturated heterocycles. The molecule has 5 heteroatoms. The number of rotatable bonds is 2. The molecule has 1 fully saturated rings. The van der Waals surface area contributed by atoms with Gasteiger partial charge in [0.2, 0.25) is 0 Å². The standard InChI is InChI=1S/C8H18NO2S.HI/c1-7-11-8(6-12(7)10)5-9(2,3)4;/h7-8H,5-6H2,1-4H3;1H/q+1;/p-1. The molecule has 0 spiro atoms. The monoisotopic (exact) mass is 319 g/mol. The van der Waals surface area contributed by atoms with Crippen LogP contribution in [0.2, 0.25) is 0 Å². The molecule has 0 aromatic carbocycles. The van der Waals surface area contributed by atoms with E-state index >= 15 is 0 Å². The van der Waals surface area contributed by atoms with E-state index in [0.29, 0.717) is 5.75 Å². The van der Waals surface area contributed by atoms with Gasteiger partial charge < -0.3 is 33.2 Å². The summed E-state index contributed by atoms with van der Waals surface area (Å²) in [5, 5.41) is 0. The minimum absolute atomic E-state index is 0. The molecule has 3 nitrogen and oxygen atoms in total. The Morgan fingerprint density at radius 2 is 2.00 bits per heavy atom. The predicted octanol–water partition coefficient (Wildman–Crippen LogP) is -2.81. The molecule has 0 aromatic rings. The average molecular weight is 319 g/mol. The lowest BCUT2D eigenvalue weighted by Crippen LogP contribution is -3.00. The summed E-state index contributed by atoms with van der Waals surface area (Å²) in [6.45, 7) is 2.82. The fourth-order valence-electron chi connectivity index (χ4n) is 1.40. The Hall–Kier alpha value is 0.800. The number of likely N-dealkylation sites (N-methyl/N-ethyl adjacent to an activating group) is 1. The molecule has 0 aromatic heterocycles. The number of quaternary nitrogens is 1. The molecule has 1 rings (SSSR count). The van der Waals surface area contributed by atoms with Gasteiger partial charge in [-0.1, -0.05) is 0 Å². The Morgan fingerprint density at radius 3 is 2.31 bits per heavy atom. The normalized spacial score (nSPS) is 34.3. The largest absolute Gasteiger partial charge is 1.00 e. The van der Waals surface area contributed by atoms with E-state index < -0.39 is 10.8 Å². The van der Waals surface area contributed by atoms with Gasteiger partial charge in [-0.15, -0.1) is 0 Å². The van der Waals surface area contributed by atoms with E-state index in [1.807, 2.05) is 6.92 Å². The van der Waals surface area contributed by atoms with Crippen molar-refractivity contribution in [3.05, 3.63) is 0 Å². The Kier molecular flexibility index (Phi) is 5.35. The van der Waals surface area contributed by atoms with Crippen LogP contribution in [0.5, 0.6) is 0 Å². The zero-order valence-electron chi connectivity index (χ0n) is 8.62. The van der Waals surface area contributed by atoms with Crippen molar-refractivity contribution in [1.82, 2.24) is 0 Å². The van der Waals surface area contributed by atoms with Crippen LogP contribution in [-0.4, -0.2) is 53.7 Å². The maximum absolute atomic E-state index is 11.2. The fourth-order valence-corrected chi connectivity index (χ4v) is 2.50. The summed E-state index contributed by atoms with van der Waals surface area (Å²) in [7, 11) is 5.60. The fraction of sp³-hybridized carbons (Fsp3) is 1.00. The first kappa shape index (κ1) is 13.8. The van der Waals surface area contributed by atoms with Crippen LogP contribution < -0.4 is 24.0 Å². The number of hydrogen-bond donors (Lipinski definition) is 0. The number of nitrogens with zero attached hydrogens (tertiary/aromatic N) is 1. The molecule has 3 atom stereocenters. The predicted molar refractivity (Wildman–Crippen MR) is 50.2 cm³/mol. The quantitative estimate of drug-likeness (QED) is 0.406. The van der Waals surface area contributed by atoms with Crippen molar-refractivity contribution in [2.45, 2.75) is 18.5 Å². The van der Waals surface area contributed by atoms with Gasteiger partial charge in [-0.05, 0) is 6.92 Å². The molecular weight excluding hydrogens is 301 g/mol. The lowest BCUT2D eigenvalue weighted by Gasteiger charge is -2.26. The first-order valence-electron chi connectivity index (χ1n) is 4.21. The van der Waals surface area contributed by atoms with Gasteiger partial charge in [0.15, 0.2) is 0 Å². The van der Waals surface area contributed by atoms with Crippen LogP contribution in [0.4, 0.5) is 0 Å². The van der Waals surface area contributed by atoms with Crippen molar-refractivity contribution in [3.8, 4) is 0 Å². The lowest BCUT2D eigenvalue weighted by molar-refractivity contribution is -0.873. The Balaban J connectivity index is 0.00000144. The van der Waals surface area contributed by atoms with Crippen molar-refractivity contribution >= 4 is 10.8 Å². The second kappa shape index (κ2) is 5.04. The number of halogens is 1. The third-order valence-corrected chi connectivity index (χ3v) is 3.41. The second-order valence-corrected chi connectivity index (χ2v) is 6.10. The van der Waals surface area contributed by atoms with Gasteiger partial charge in [-0.3, -0.25) is 4.21 Å². The van der Waals surface area contributed by atoms with Crippen molar-refractivity contribution < 1.29 is 37.4 Å². The van der Waals surface area contributed by atoms with Crippen molar-refractivity contribution in [2.75, 3.05) is 33.4 Å². The van der Waals surface area contributed by atoms with Crippen LogP contribution in [0.15, 0.2) is 0 Å². The minimum Gasteiger partial charge on any atom is -1.00 e. The van der Waals surface area contributed by atoms with Crippen molar-refractivity contribution in [3.63, 3.8) is 0 Å². The van der Waals surface area contributed by atoms with Crippen molar-refractivity contribution in [1.29, 1.82) is 0 Å². The highest BCUT2D eigenvalue weighted by atomic mass is 127. The molecule has 0 saturated carbocycles. The SMILES string of the molecule is CC1OC(C[N+](C)(C)C)CS1=O.[I-]. The van der Waals surface area contributed by atoms with Gasteiger partial charge in [0.1, 0.15) is 18.1 Å². The second-order valence-electron chi connectivity index (χ2n) is 4.35. The third kappa shape index (κ3) is 4.71. The molecular formula is C8H18INO2S. The van der Waals surface area contributed by atoms with Crippen LogP contribution in [0.25, 0.3) is 0 Å². The molecule has 1 heterocycles. The van der Waals surface area contributed by atoms with Crippen molar-refractivity contribution in [2.24, 2.45) is 0 Å². The van der Waals surface area contributed by atoms with Gasteiger partial charge in [0.25, 0.3) is 0 Å². The molecule has 1 aliphatic rings. The van der Waals surface area contributed by atoms with Gasteiger partial charge in [0.05, 0.1) is 37.7 Å². The zero-order chi connectivity index (χ0) is 9.35. The Labute approximate surface area is 99.9 Å². The maximum atomic E-state index is 11.2. The topological polar surface area (TPSA) is 26.3 Å². The highest BCUT2D eigenvalue weighted by Gasteiger charge is 2.32. The molecule has 3 unspecified atom stereocenters. The van der Waals surface area contributed by atoms with Gasteiger partial charge in [0, 0.05) is 0 Å². The summed E-state index contributed by atoms with van der Waals surface area (Å²) in [5.74, 6) is 0.705. The van der Waals surface area contributed by atoms with Crippen LogP contribution in [-0.2, 0) is 15.5 Å². The van der Waals surface area contributed by atoms with E-state index in [0.717, 1.165) is 11.0 Å². The molecule has 13 heavy (non-hydrogen) atoms. The number of hydrogen-bond acceptors (Lipinski definition) is 2. The highest BCUT2D eigenvalue weighted by molar-refractivity contribution is 7.85. The van der Waals surface area contributed by atoms with Gasteiger partial charge in [-0.25, -0.2) is 0 Å². The third-order valence-electron chi connectivity index (χ3n) is 1.86. The van der Waals surface area contributed by atoms with E-state index in [2.05, 4.69) is 21.1 Å². The van der Waals surface area contributed by atoms with E-state index in [1.54, 1.807) is 0 Å². The van der Waals surface area contributed by atoms with E-state index in [1.165, 1.54) is 0 Å². The molecule has 0 bridgehead atoms. The van der Waals surface area contributed by atoms with E-state index in [9.17, 15) is 4.21 Å². The van der Waals surface area contributed by atoms with E-state index in [-0.39, 0.29) is 35.5 Å². The first-order chi connectivity index (χ1) is 5.38. The molecule has 0 N–H and O–H groups in total. The maximum Gasteiger partial charge on any atom is 0.130 e. The Morgan fingerprint density at radius 1 is 1.46 bits per heavy atom. The molecule has 0 aliphatic carbocycles. The minimum atomic E-state index is -0.765. The summed E-state index contributed by atoms with van der Waals surface area (Å²) in [6.07, 6.45) is 0.181. The molecule has 1 aliphatic heterocycles. The smallest absolute Gasteiger partial charge is 0.130 e. The summed E-state index contributed by atoms with van der Waals surface area (Å²) in [4.78, 5) is 0. The van der Waals surface area contributed by atoms with Gasteiger partial charge >= 0.3 is 0 Å². The summed E-state index contributed by atoms with van der Waals surface area (Å²) < 4.78 is 17.7. The molecule has 0 radical (unpaired) electrons. The summed E-state index contributed by atoms with van der Waals surface area (Å²) in [5.41, 5.74) is -0.0680. The van der Waals surface area contributed by atoms with Crippen LogP contribution >= 0.6 is 0 Å². The molecule has 0 amide bonds. The Bertz CT molecular complexity index is 193. The summed E-state index contributed by atoms with van der Waals surface area (Å²) in [6, 6.07) is 0. The lowest BCUT2D eigenvalue weighted by atomic mass is 10.3. The molecule has 80 valence electrons. The average Bonchev–Trinajstić information content (AvgIpc) is 2.07. The van der Waals surface area contributed by atoms with Crippen LogP contribution in [0, 0.1) is 0 Å². The van der Waals surface area contributed by atoms with Gasteiger partial charge in [-0.2, -0.15) is 0 Å². The highest BCUT2D eigenvalue weighted by Crippen LogP contribution is 2.16. The van der Waals surface area contributed by atoms with Crippen LogP contribution in [0.1, 0.15) is 6.92 Å².